The number of carbonyl (C=O) groups is 1. The molecule has 0 saturated carbocycles. The van der Waals surface area contributed by atoms with E-state index in [-0.39, 0.29) is 11.6 Å². The van der Waals surface area contributed by atoms with E-state index in [0.717, 1.165) is 11.3 Å². The first-order valence-electron chi connectivity index (χ1n) is 9.16. The van der Waals surface area contributed by atoms with Gasteiger partial charge in [0.1, 0.15) is 5.82 Å². The molecule has 2 heterocycles. The SMILES string of the molecule is COc1ccc(CCNC(=O)c2ccc(NCc3ccccn3)nn2)cc1OC. The Morgan fingerprint density at radius 1 is 1.00 bits per heavy atom. The van der Waals surface area contributed by atoms with Crippen LogP contribution in [0, 0.1) is 0 Å². The van der Waals surface area contributed by atoms with Crippen LogP contribution in [0.1, 0.15) is 21.7 Å². The number of ether oxygens (including phenoxy) is 2. The molecule has 0 spiro atoms. The molecule has 0 atom stereocenters. The van der Waals surface area contributed by atoms with Crippen molar-refractivity contribution in [3.05, 3.63) is 71.7 Å². The highest BCUT2D eigenvalue weighted by molar-refractivity contribution is 5.92. The number of hydrogen-bond donors (Lipinski definition) is 2. The van der Waals surface area contributed by atoms with Gasteiger partial charge < -0.3 is 20.1 Å². The van der Waals surface area contributed by atoms with Crippen LogP contribution in [-0.2, 0) is 13.0 Å². The number of carbonyl (C=O) groups excluding carboxylic acids is 1. The topological polar surface area (TPSA) is 98.3 Å². The molecule has 1 amide bonds. The Labute approximate surface area is 169 Å². The molecule has 3 rings (SSSR count). The van der Waals surface area contributed by atoms with Gasteiger partial charge in [-0.15, -0.1) is 10.2 Å². The average molecular weight is 393 g/mol. The second-order valence-electron chi connectivity index (χ2n) is 6.17. The third-order valence-electron chi connectivity index (χ3n) is 4.22. The predicted molar refractivity (Wildman–Crippen MR) is 109 cm³/mol. The first-order valence-corrected chi connectivity index (χ1v) is 9.16. The molecule has 2 N–H and O–H groups in total. The Kier molecular flexibility index (Phi) is 6.94. The maximum atomic E-state index is 12.3. The van der Waals surface area contributed by atoms with Gasteiger partial charge in [0.15, 0.2) is 17.2 Å². The Morgan fingerprint density at radius 2 is 1.86 bits per heavy atom. The zero-order chi connectivity index (χ0) is 20.5. The minimum absolute atomic E-state index is 0.265. The summed E-state index contributed by atoms with van der Waals surface area (Å²) >= 11 is 0. The van der Waals surface area contributed by atoms with Crippen LogP contribution in [0.15, 0.2) is 54.7 Å². The van der Waals surface area contributed by atoms with Crippen LogP contribution in [0.25, 0.3) is 0 Å². The van der Waals surface area contributed by atoms with Crippen LogP contribution in [0.5, 0.6) is 11.5 Å². The zero-order valence-corrected chi connectivity index (χ0v) is 16.4. The fraction of sp³-hybridized carbons (Fsp3) is 0.238. The summed E-state index contributed by atoms with van der Waals surface area (Å²) in [4.78, 5) is 16.5. The van der Waals surface area contributed by atoms with Crippen molar-refractivity contribution in [1.29, 1.82) is 0 Å². The molecule has 8 heteroatoms. The highest BCUT2D eigenvalue weighted by Gasteiger charge is 2.09. The van der Waals surface area contributed by atoms with E-state index in [1.807, 2.05) is 36.4 Å². The number of hydrogen-bond acceptors (Lipinski definition) is 7. The van der Waals surface area contributed by atoms with Gasteiger partial charge in [0, 0.05) is 12.7 Å². The van der Waals surface area contributed by atoms with Gasteiger partial charge in [-0.1, -0.05) is 12.1 Å². The molecule has 150 valence electrons. The summed E-state index contributed by atoms with van der Waals surface area (Å²) in [5, 5.41) is 14.0. The lowest BCUT2D eigenvalue weighted by atomic mass is 10.1. The highest BCUT2D eigenvalue weighted by atomic mass is 16.5. The summed E-state index contributed by atoms with van der Waals surface area (Å²) in [6, 6.07) is 14.7. The second kappa shape index (κ2) is 10.0. The fourth-order valence-electron chi connectivity index (χ4n) is 2.68. The van der Waals surface area contributed by atoms with Crippen molar-refractivity contribution < 1.29 is 14.3 Å². The second-order valence-corrected chi connectivity index (χ2v) is 6.17. The minimum Gasteiger partial charge on any atom is -0.493 e. The normalized spacial score (nSPS) is 10.3. The van der Waals surface area contributed by atoms with Crippen molar-refractivity contribution in [3.63, 3.8) is 0 Å². The van der Waals surface area contributed by atoms with Gasteiger partial charge in [-0.3, -0.25) is 9.78 Å². The van der Waals surface area contributed by atoms with Gasteiger partial charge in [-0.2, -0.15) is 0 Å². The van der Waals surface area contributed by atoms with Crippen molar-refractivity contribution in [2.45, 2.75) is 13.0 Å². The molecule has 0 saturated heterocycles. The van der Waals surface area contributed by atoms with E-state index in [1.54, 1.807) is 32.5 Å². The van der Waals surface area contributed by atoms with Crippen LogP contribution in [0.3, 0.4) is 0 Å². The van der Waals surface area contributed by atoms with E-state index in [9.17, 15) is 4.79 Å². The van der Waals surface area contributed by atoms with Gasteiger partial charge in [0.2, 0.25) is 0 Å². The first kappa shape index (κ1) is 20.1. The average Bonchev–Trinajstić information content (AvgIpc) is 2.78. The lowest BCUT2D eigenvalue weighted by Gasteiger charge is -2.10. The molecule has 0 aliphatic heterocycles. The van der Waals surface area contributed by atoms with E-state index in [4.69, 9.17) is 9.47 Å². The van der Waals surface area contributed by atoms with Crippen LogP contribution in [-0.4, -0.2) is 41.9 Å². The summed E-state index contributed by atoms with van der Waals surface area (Å²) in [7, 11) is 3.19. The third kappa shape index (κ3) is 5.65. The number of rotatable bonds is 9. The third-order valence-corrected chi connectivity index (χ3v) is 4.22. The molecule has 2 aromatic heterocycles. The van der Waals surface area contributed by atoms with Crippen LogP contribution >= 0.6 is 0 Å². The van der Waals surface area contributed by atoms with Crippen molar-refractivity contribution in [2.24, 2.45) is 0 Å². The summed E-state index contributed by atoms with van der Waals surface area (Å²) in [6.07, 6.45) is 2.39. The summed E-state index contributed by atoms with van der Waals surface area (Å²) < 4.78 is 10.5. The van der Waals surface area contributed by atoms with Gasteiger partial charge in [-0.05, 0) is 48.4 Å². The van der Waals surface area contributed by atoms with E-state index in [1.165, 1.54) is 0 Å². The van der Waals surface area contributed by atoms with Crippen molar-refractivity contribution in [2.75, 3.05) is 26.1 Å². The van der Waals surface area contributed by atoms with Crippen LogP contribution in [0.2, 0.25) is 0 Å². The number of benzene rings is 1. The van der Waals surface area contributed by atoms with Crippen molar-refractivity contribution >= 4 is 11.7 Å². The van der Waals surface area contributed by atoms with Gasteiger partial charge >= 0.3 is 0 Å². The van der Waals surface area contributed by atoms with E-state index >= 15 is 0 Å². The van der Waals surface area contributed by atoms with Crippen molar-refractivity contribution in [1.82, 2.24) is 20.5 Å². The zero-order valence-electron chi connectivity index (χ0n) is 16.4. The monoisotopic (exact) mass is 393 g/mol. The van der Waals surface area contributed by atoms with Crippen LogP contribution in [0.4, 0.5) is 5.82 Å². The molecule has 0 radical (unpaired) electrons. The predicted octanol–water partition coefficient (Wildman–Crippen LogP) is 2.47. The largest absolute Gasteiger partial charge is 0.493 e. The molecule has 0 aliphatic carbocycles. The maximum Gasteiger partial charge on any atom is 0.271 e. The smallest absolute Gasteiger partial charge is 0.271 e. The molecule has 0 fully saturated rings. The van der Waals surface area contributed by atoms with Gasteiger partial charge in [-0.25, -0.2) is 0 Å². The van der Waals surface area contributed by atoms with E-state index in [2.05, 4.69) is 25.8 Å². The molecule has 1 aromatic carbocycles. The molecular formula is C21H23N5O3. The Bertz CT molecular complexity index is 933. The summed E-state index contributed by atoms with van der Waals surface area (Å²) in [5.74, 6) is 1.65. The first-order chi connectivity index (χ1) is 14.2. The van der Waals surface area contributed by atoms with Gasteiger partial charge in [0.05, 0.1) is 26.5 Å². The number of nitrogens with zero attached hydrogens (tertiary/aromatic N) is 3. The number of methoxy groups -OCH3 is 2. The summed E-state index contributed by atoms with van der Waals surface area (Å²) in [6.45, 7) is 1.00. The Hall–Kier alpha value is -3.68. The maximum absolute atomic E-state index is 12.3. The number of amides is 1. The van der Waals surface area contributed by atoms with E-state index in [0.29, 0.717) is 36.8 Å². The minimum atomic E-state index is -0.269. The molecular weight excluding hydrogens is 370 g/mol. The van der Waals surface area contributed by atoms with Crippen molar-refractivity contribution in [3.8, 4) is 11.5 Å². The quantitative estimate of drug-likeness (QED) is 0.576. The molecule has 29 heavy (non-hydrogen) atoms. The van der Waals surface area contributed by atoms with E-state index < -0.39 is 0 Å². The number of aromatic nitrogens is 3. The molecule has 8 nitrogen and oxygen atoms in total. The molecule has 0 unspecified atom stereocenters. The lowest BCUT2D eigenvalue weighted by Crippen LogP contribution is -2.26. The number of anilines is 1. The molecule has 0 aliphatic rings. The molecule has 3 aromatic rings. The Morgan fingerprint density at radius 3 is 2.55 bits per heavy atom. The summed E-state index contributed by atoms with van der Waals surface area (Å²) in [5.41, 5.74) is 2.19. The van der Waals surface area contributed by atoms with Gasteiger partial charge in [0.25, 0.3) is 5.91 Å². The Balaban J connectivity index is 1.48. The van der Waals surface area contributed by atoms with Crippen LogP contribution < -0.4 is 20.1 Å². The number of pyridine rings is 1. The number of nitrogens with one attached hydrogen (secondary N) is 2. The highest BCUT2D eigenvalue weighted by Crippen LogP contribution is 2.27. The fourth-order valence-corrected chi connectivity index (χ4v) is 2.68. The standard InChI is InChI=1S/C21H23N5O3/c1-28-18-8-6-15(13-19(18)29-2)10-12-23-21(27)17-7-9-20(26-25-17)24-14-16-5-3-4-11-22-16/h3-9,11,13H,10,12,14H2,1-2H3,(H,23,27)(H,24,26). The molecule has 0 bridgehead atoms. The lowest BCUT2D eigenvalue weighted by molar-refractivity contribution is 0.0948.